The molecule has 1 fully saturated rings. The SMILES string of the molecule is CCOc1ccccc1C(C)NCCNC(=O)C1CC1. The van der Waals surface area contributed by atoms with Gasteiger partial charge in [0.25, 0.3) is 0 Å². The second-order valence-electron chi connectivity index (χ2n) is 5.21. The van der Waals surface area contributed by atoms with Gasteiger partial charge in [0, 0.05) is 30.6 Å². The predicted octanol–water partition coefficient (Wildman–Crippen LogP) is 2.26. The number of nitrogens with one attached hydrogen (secondary N) is 2. The molecule has 1 amide bonds. The van der Waals surface area contributed by atoms with Crippen molar-refractivity contribution in [3.63, 3.8) is 0 Å². The van der Waals surface area contributed by atoms with E-state index in [0.717, 1.165) is 30.7 Å². The Morgan fingerprint density at radius 1 is 1.35 bits per heavy atom. The quantitative estimate of drug-likeness (QED) is 0.716. The van der Waals surface area contributed by atoms with Gasteiger partial charge in [0.05, 0.1) is 6.61 Å². The molecule has 0 saturated heterocycles. The fraction of sp³-hybridized carbons (Fsp3) is 0.562. The van der Waals surface area contributed by atoms with Crippen LogP contribution in [0.4, 0.5) is 0 Å². The summed E-state index contributed by atoms with van der Waals surface area (Å²) in [5.74, 6) is 1.41. The van der Waals surface area contributed by atoms with Crippen LogP contribution in [0.2, 0.25) is 0 Å². The molecule has 1 aliphatic carbocycles. The molecule has 1 unspecified atom stereocenters. The molecule has 0 bridgehead atoms. The van der Waals surface area contributed by atoms with Crippen molar-refractivity contribution < 1.29 is 9.53 Å². The summed E-state index contributed by atoms with van der Waals surface area (Å²) in [5, 5.41) is 6.38. The topological polar surface area (TPSA) is 50.4 Å². The standard InChI is InChI=1S/C16H24N2O2/c1-3-20-15-7-5-4-6-14(15)12(2)17-10-11-18-16(19)13-8-9-13/h4-7,12-13,17H,3,8-11H2,1-2H3,(H,18,19). The number of hydrogen-bond acceptors (Lipinski definition) is 3. The molecule has 1 aromatic carbocycles. The maximum atomic E-state index is 11.5. The Labute approximate surface area is 120 Å². The molecule has 1 aliphatic rings. The van der Waals surface area contributed by atoms with Crippen LogP contribution in [0.25, 0.3) is 0 Å². The van der Waals surface area contributed by atoms with Crippen molar-refractivity contribution in [2.75, 3.05) is 19.7 Å². The summed E-state index contributed by atoms with van der Waals surface area (Å²) in [6.45, 7) is 6.21. The van der Waals surface area contributed by atoms with Crippen LogP contribution in [-0.2, 0) is 4.79 Å². The van der Waals surface area contributed by atoms with E-state index in [9.17, 15) is 4.79 Å². The summed E-state index contributed by atoms with van der Waals surface area (Å²) in [4.78, 5) is 11.5. The van der Waals surface area contributed by atoms with Crippen LogP contribution in [0, 0.1) is 5.92 Å². The molecule has 2 N–H and O–H groups in total. The molecule has 20 heavy (non-hydrogen) atoms. The number of carbonyl (C=O) groups excluding carboxylic acids is 1. The first-order valence-electron chi connectivity index (χ1n) is 7.45. The minimum atomic E-state index is 0.203. The summed E-state index contributed by atoms with van der Waals surface area (Å²) >= 11 is 0. The number of amides is 1. The van der Waals surface area contributed by atoms with Gasteiger partial charge >= 0.3 is 0 Å². The molecule has 0 heterocycles. The van der Waals surface area contributed by atoms with Crippen LogP contribution >= 0.6 is 0 Å². The third kappa shape index (κ3) is 4.23. The predicted molar refractivity (Wildman–Crippen MR) is 79.8 cm³/mol. The zero-order chi connectivity index (χ0) is 14.4. The zero-order valence-electron chi connectivity index (χ0n) is 12.3. The maximum Gasteiger partial charge on any atom is 0.223 e. The Kier molecular flexibility index (Phi) is 5.41. The van der Waals surface area contributed by atoms with Gasteiger partial charge in [-0.3, -0.25) is 4.79 Å². The maximum absolute atomic E-state index is 11.5. The normalized spacial score (nSPS) is 15.7. The Balaban J connectivity index is 1.76. The van der Waals surface area contributed by atoms with Gasteiger partial charge in [-0.2, -0.15) is 0 Å². The van der Waals surface area contributed by atoms with Gasteiger partial charge in [0.1, 0.15) is 5.75 Å². The highest BCUT2D eigenvalue weighted by Gasteiger charge is 2.28. The van der Waals surface area contributed by atoms with E-state index < -0.39 is 0 Å². The summed E-state index contributed by atoms with van der Waals surface area (Å²) in [6.07, 6.45) is 2.11. The molecule has 0 spiro atoms. The summed E-state index contributed by atoms with van der Waals surface area (Å²) in [5.41, 5.74) is 1.16. The molecule has 0 aromatic heterocycles. The van der Waals surface area contributed by atoms with Crippen LogP contribution in [-0.4, -0.2) is 25.6 Å². The number of hydrogen-bond donors (Lipinski definition) is 2. The van der Waals surface area contributed by atoms with E-state index in [1.807, 2.05) is 25.1 Å². The van der Waals surface area contributed by atoms with E-state index >= 15 is 0 Å². The average molecular weight is 276 g/mol. The Hall–Kier alpha value is -1.55. The minimum Gasteiger partial charge on any atom is -0.494 e. The second kappa shape index (κ2) is 7.29. The molecular formula is C16H24N2O2. The monoisotopic (exact) mass is 276 g/mol. The van der Waals surface area contributed by atoms with Crippen LogP contribution in [0.3, 0.4) is 0 Å². The summed E-state index contributed by atoms with van der Waals surface area (Å²) < 4.78 is 5.63. The molecule has 4 heteroatoms. The number of ether oxygens (including phenoxy) is 1. The minimum absolute atomic E-state index is 0.203. The lowest BCUT2D eigenvalue weighted by molar-refractivity contribution is -0.122. The van der Waals surface area contributed by atoms with Gasteiger partial charge in [-0.15, -0.1) is 0 Å². The molecule has 110 valence electrons. The van der Waals surface area contributed by atoms with Crippen LogP contribution in [0.15, 0.2) is 24.3 Å². The largest absolute Gasteiger partial charge is 0.494 e. The number of benzene rings is 1. The van der Waals surface area contributed by atoms with Crippen molar-refractivity contribution in [2.24, 2.45) is 5.92 Å². The van der Waals surface area contributed by atoms with Gasteiger partial charge < -0.3 is 15.4 Å². The van der Waals surface area contributed by atoms with Gasteiger partial charge in [0.15, 0.2) is 0 Å². The Morgan fingerprint density at radius 2 is 2.10 bits per heavy atom. The summed E-state index contributed by atoms with van der Waals surface area (Å²) in [7, 11) is 0. The fourth-order valence-electron chi connectivity index (χ4n) is 2.20. The first-order chi connectivity index (χ1) is 9.72. The number of para-hydroxylation sites is 1. The van der Waals surface area contributed by atoms with E-state index in [4.69, 9.17) is 4.74 Å². The zero-order valence-corrected chi connectivity index (χ0v) is 12.3. The molecule has 4 nitrogen and oxygen atoms in total. The second-order valence-corrected chi connectivity index (χ2v) is 5.21. The van der Waals surface area contributed by atoms with Crippen molar-refractivity contribution in [1.82, 2.24) is 10.6 Å². The van der Waals surface area contributed by atoms with Gasteiger partial charge in [-0.05, 0) is 32.8 Å². The van der Waals surface area contributed by atoms with Crippen molar-refractivity contribution in [3.05, 3.63) is 29.8 Å². The average Bonchev–Trinajstić information content (AvgIpc) is 3.28. The molecule has 0 aliphatic heterocycles. The number of rotatable bonds is 8. The summed E-state index contributed by atoms with van der Waals surface area (Å²) in [6, 6.07) is 8.27. The van der Waals surface area contributed by atoms with Crippen LogP contribution in [0.1, 0.15) is 38.3 Å². The van der Waals surface area contributed by atoms with Crippen molar-refractivity contribution in [3.8, 4) is 5.75 Å². The van der Waals surface area contributed by atoms with Crippen molar-refractivity contribution >= 4 is 5.91 Å². The lowest BCUT2D eigenvalue weighted by Crippen LogP contribution is -2.33. The molecule has 1 aromatic rings. The molecular weight excluding hydrogens is 252 g/mol. The van der Waals surface area contributed by atoms with E-state index in [0.29, 0.717) is 13.2 Å². The number of carbonyl (C=O) groups is 1. The van der Waals surface area contributed by atoms with E-state index in [-0.39, 0.29) is 17.9 Å². The lowest BCUT2D eigenvalue weighted by Gasteiger charge is -2.18. The van der Waals surface area contributed by atoms with Crippen molar-refractivity contribution in [1.29, 1.82) is 0 Å². The van der Waals surface area contributed by atoms with E-state index in [2.05, 4.69) is 23.6 Å². The van der Waals surface area contributed by atoms with Crippen molar-refractivity contribution in [2.45, 2.75) is 32.7 Å². The molecule has 1 saturated carbocycles. The third-order valence-corrected chi connectivity index (χ3v) is 3.51. The van der Waals surface area contributed by atoms with Crippen LogP contribution < -0.4 is 15.4 Å². The van der Waals surface area contributed by atoms with Gasteiger partial charge in [0.2, 0.25) is 5.91 Å². The van der Waals surface area contributed by atoms with Gasteiger partial charge in [-0.1, -0.05) is 18.2 Å². The molecule has 0 radical (unpaired) electrons. The first-order valence-corrected chi connectivity index (χ1v) is 7.45. The first kappa shape index (κ1) is 14.9. The third-order valence-electron chi connectivity index (χ3n) is 3.51. The highest BCUT2D eigenvalue weighted by Crippen LogP contribution is 2.28. The fourth-order valence-corrected chi connectivity index (χ4v) is 2.20. The van der Waals surface area contributed by atoms with E-state index in [1.165, 1.54) is 0 Å². The molecule has 1 atom stereocenters. The smallest absolute Gasteiger partial charge is 0.223 e. The lowest BCUT2D eigenvalue weighted by atomic mass is 10.1. The Bertz CT molecular complexity index is 444. The molecule has 2 rings (SSSR count). The van der Waals surface area contributed by atoms with E-state index in [1.54, 1.807) is 0 Å². The van der Waals surface area contributed by atoms with Gasteiger partial charge in [-0.25, -0.2) is 0 Å². The highest BCUT2D eigenvalue weighted by molar-refractivity contribution is 5.80. The van der Waals surface area contributed by atoms with Crippen LogP contribution in [0.5, 0.6) is 5.75 Å². The Morgan fingerprint density at radius 3 is 2.80 bits per heavy atom. The highest BCUT2D eigenvalue weighted by atomic mass is 16.5.